The van der Waals surface area contributed by atoms with Gasteiger partial charge in [-0.3, -0.25) is 4.79 Å². The highest BCUT2D eigenvalue weighted by Gasteiger charge is 2.51. The van der Waals surface area contributed by atoms with Gasteiger partial charge in [0.2, 0.25) is 0 Å². The van der Waals surface area contributed by atoms with Crippen molar-refractivity contribution in [2.75, 3.05) is 5.75 Å². The second kappa shape index (κ2) is 7.07. The molecule has 0 N–H and O–H groups in total. The molecule has 1 saturated carbocycles. The highest BCUT2D eigenvalue weighted by molar-refractivity contribution is 7.99. The molecule has 2 fully saturated rings. The number of ether oxygens (including phenoxy) is 1. The van der Waals surface area contributed by atoms with Crippen LogP contribution in [0.3, 0.4) is 0 Å². The number of allylic oxidation sites excluding steroid dienone is 1. The van der Waals surface area contributed by atoms with E-state index in [1.54, 1.807) is 17.3 Å². The van der Waals surface area contributed by atoms with E-state index in [0.29, 0.717) is 5.92 Å². The van der Waals surface area contributed by atoms with E-state index in [2.05, 4.69) is 51.1 Å². The molecule has 0 bridgehead atoms. The zero-order chi connectivity index (χ0) is 18.3. The number of aryl methyl sites for hydroxylation is 1. The minimum Gasteiger partial charge on any atom is -0.461 e. The largest absolute Gasteiger partial charge is 0.461 e. The Bertz CT molecular complexity index is 707. The number of carbonyl (C=O) groups excluding carboxylic acids is 1. The summed E-state index contributed by atoms with van der Waals surface area (Å²) >= 11 is 1.80. The molecule has 3 heteroatoms. The van der Waals surface area contributed by atoms with Gasteiger partial charge in [0, 0.05) is 16.6 Å². The van der Waals surface area contributed by atoms with Crippen LogP contribution in [0.5, 0.6) is 0 Å². The van der Waals surface area contributed by atoms with Crippen molar-refractivity contribution < 1.29 is 9.53 Å². The number of rotatable bonds is 4. The molecule has 1 aliphatic heterocycles. The van der Waals surface area contributed by atoms with Crippen LogP contribution in [-0.4, -0.2) is 17.8 Å². The van der Waals surface area contributed by atoms with E-state index in [1.165, 1.54) is 29.7 Å². The van der Waals surface area contributed by atoms with Crippen molar-refractivity contribution in [2.45, 2.75) is 63.9 Å². The molecule has 26 heavy (non-hydrogen) atoms. The van der Waals surface area contributed by atoms with Gasteiger partial charge in [-0.25, -0.2) is 0 Å². The number of hydrogen-bond donors (Lipinski definition) is 0. The summed E-state index contributed by atoms with van der Waals surface area (Å²) in [5, 5.41) is 0. The molecule has 1 heterocycles. The monoisotopic (exact) mass is 370 g/mol. The third-order valence-corrected chi connectivity index (χ3v) is 7.97. The van der Waals surface area contributed by atoms with Gasteiger partial charge < -0.3 is 4.74 Å². The van der Waals surface area contributed by atoms with Gasteiger partial charge in [-0.15, -0.1) is 11.8 Å². The molecule has 140 valence electrons. The third-order valence-electron chi connectivity index (χ3n) is 6.84. The van der Waals surface area contributed by atoms with Crippen molar-refractivity contribution >= 4 is 17.7 Å². The average Bonchev–Trinajstić information content (AvgIpc) is 2.92. The van der Waals surface area contributed by atoms with Crippen molar-refractivity contribution in [3.05, 3.63) is 41.5 Å². The van der Waals surface area contributed by atoms with Crippen LogP contribution in [0.1, 0.15) is 52.0 Å². The first-order valence-electron chi connectivity index (χ1n) is 10.1. The fourth-order valence-electron chi connectivity index (χ4n) is 5.25. The average molecular weight is 371 g/mol. The Kier molecular flexibility index (Phi) is 4.94. The van der Waals surface area contributed by atoms with Crippen LogP contribution in [-0.2, 0) is 16.0 Å². The van der Waals surface area contributed by atoms with E-state index in [9.17, 15) is 4.79 Å². The summed E-state index contributed by atoms with van der Waals surface area (Å²) in [5.74, 6) is 1.76. The number of hydrogen-bond acceptors (Lipinski definition) is 3. The first-order chi connectivity index (χ1) is 12.5. The Labute approximate surface area is 161 Å². The standard InChI is InChI=1S/C23H30O2S/c1-4-16-7-9-17(10-8-16)26-14-19-18-12-20-15(2)6-5-11-23(20,3)13-21(18)25-22(19)24/h7-10,12,15,18-19,21H,4-6,11,13-14H2,1-3H3. The van der Waals surface area contributed by atoms with Crippen LogP contribution in [0.25, 0.3) is 0 Å². The Morgan fingerprint density at radius 2 is 2.04 bits per heavy atom. The molecule has 1 aromatic rings. The lowest BCUT2D eigenvalue weighted by Gasteiger charge is -2.46. The maximum atomic E-state index is 12.6. The molecule has 1 saturated heterocycles. The minimum atomic E-state index is 0.00188. The molecule has 1 aromatic carbocycles. The van der Waals surface area contributed by atoms with Gasteiger partial charge in [-0.2, -0.15) is 0 Å². The van der Waals surface area contributed by atoms with Crippen molar-refractivity contribution in [1.82, 2.24) is 0 Å². The maximum Gasteiger partial charge on any atom is 0.310 e. The molecule has 0 radical (unpaired) electrons. The molecule has 2 nitrogen and oxygen atoms in total. The quantitative estimate of drug-likeness (QED) is 0.389. The van der Waals surface area contributed by atoms with E-state index < -0.39 is 0 Å². The van der Waals surface area contributed by atoms with Crippen LogP contribution < -0.4 is 0 Å². The van der Waals surface area contributed by atoms with Crippen LogP contribution in [0.2, 0.25) is 0 Å². The van der Waals surface area contributed by atoms with Crippen molar-refractivity contribution in [2.24, 2.45) is 23.2 Å². The highest BCUT2D eigenvalue weighted by atomic mass is 32.2. The molecule has 2 aliphatic carbocycles. The number of esters is 1. The lowest BCUT2D eigenvalue weighted by atomic mass is 9.59. The third kappa shape index (κ3) is 3.24. The number of carbonyl (C=O) groups is 1. The van der Waals surface area contributed by atoms with E-state index in [1.807, 2.05) is 0 Å². The zero-order valence-corrected chi connectivity index (χ0v) is 17.0. The zero-order valence-electron chi connectivity index (χ0n) is 16.2. The molecule has 5 unspecified atom stereocenters. The second-order valence-corrected chi connectivity index (χ2v) is 9.74. The van der Waals surface area contributed by atoms with Crippen LogP contribution in [0.15, 0.2) is 40.8 Å². The lowest BCUT2D eigenvalue weighted by molar-refractivity contribution is -0.144. The Balaban J connectivity index is 1.51. The Morgan fingerprint density at radius 3 is 2.77 bits per heavy atom. The second-order valence-electron chi connectivity index (χ2n) is 8.65. The summed E-state index contributed by atoms with van der Waals surface area (Å²) in [4.78, 5) is 13.8. The number of thioether (sulfide) groups is 1. The molecule has 0 spiro atoms. The summed E-state index contributed by atoms with van der Waals surface area (Å²) in [7, 11) is 0. The molecular formula is C23H30O2S. The number of fused-ring (bicyclic) bond motifs is 2. The van der Waals surface area contributed by atoms with Gasteiger partial charge in [0.25, 0.3) is 0 Å². The summed E-state index contributed by atoms with van der Waals surface area (Å²) in [6.45, 7) is 6.92. The molecule has 3 aliphatic rings. The van der Waals surface area contributed by atoms with Gasteiger partial charge in [0.1, 0.15) is 6.10 Å². The summed E-state index contributed by atoms with van der Waals surface area (Å²) < 4.78 is 5.86. The summed E-state index contributed by atoms with van der Waals surface area (Å²) in [5.41, 5.74) is 3.21. The van der Waals surface area contributed by atoms with Crippen LogP contribution in [0.4, 0.5) is 0 Å². The predicted octanol–water partition coefficient (Wildman–Crippen LogP) is 5.66. The molecular weight excluding hydrogens is 340 g/mol. The lowest BCUT2D eigenvalue weighted by Crippen LogP contribution is -2.39. The summed E-state index contributed by atoms with van der Waals surface area (Å²) in [6.07, 6.45) is 8.46. The highest BCUT2D eigenvalue weighted by Crippen LogP contribution is 2.54. The van der Waals surface area contributed by atoms with Gasteiger partial charge in [0.15, 0.2) is 0 Å². The molecule has 0 aromatic heterocycles. The van der Waals surface area contributed by atoms with Crippen molar-refractivity contribution in [1.29, 1.82) is 0 Å². The first kappa shape index (κ1) is 18.2. The van der Waals surface area contributed by atoms with E-state index in [0.717, 1.165) is 18.6 Å². The van der Waals surface area contributed by atoms with Gasteiger partial charge in [-0.05, 0) is 54.7 Å². The van der Waals surface area contributed by atoms with Gasteiger partial charge >= 0.3 is 5.97 Å². The van der Waals surface area contributed by atoms with Gasteiger partial charge in [-0.1, -0.05) is 51.0 Å². The first-order valence-corrected chi connectivity index (χ1v) is 11.1. The van der Waals surface area contributed by atoms with Crippen molar-refractivity contribution in [3.8, 4) is 0 Å². The van der Waals surface area contributed by atoms with E-state index in [4.69, 9.17) is 4.74 Å². The van der Waals surface area contributed by atoms with E-state index >= 15 is 0 Å². The smallest absolute Gasteiger partial charge is 0.310 e. The van der Waals surface area contributed by atoms with Crippen LogP contribution in [0, 0.1) is 23.2 Å². The van der Waals surface area contributed by atoms with Crippen LogP contribution >= 0.6 is 11.8 Å². The van der Waals surface area contributed by atoms with Gasteiger partial charge in [0.05, 0.1) is 5.92 Å². The topological polar surface area (TPSA) is 26.3 Å². The molecule has 0 amide bonds. The minimum absolute atomic E-state index is 0.00188. The normalized spacial score (nSPS) is 36.1. The fraction of sp³-hybridized carbons (Fsp3) is 0.609. The Morgan fingerprint density at radius 1 is 1.27 bits per heavy atom. The van der Waals surface area contributed by atoms with E-state index in [-0.39, 0.29) is 29.3 Å². The molecule has 5 atom stereocenters. The summed E-state index contributed by atoms with van der Waals surface area (Å²) in [6, 6.07) is 8.74. The van der Waals surface area contributed by atoms with Crippen molar-refractivity contribution in [3.63, 3.8) is 0 Å². The maximum absolute atomic E-state index is 12.6. The number of benzene rings is 1. The SMILES string of the molecule is CCc1ccc(SCC2C(=O)OC3CC4(C)CCCC(C)C4=CC32)cc1. The molecule has 4 rings (SSSR count). The Hall–Kier alpha value is -1.22. The fourth-order valence-corrected chi connectivity index (χ4v) is 6.31. The predicted molar refractivity (Wildman–Crippen MR) is 107 cm³/mol.